The van der Waals surface area contributed by atoms with Crippen molar-refractivity contribution in [3.63, 3.8) is 0 Å². The van der Waals surface area contributed by atoms with E-state index in [0.717, 1.165) is 12.1 Å². The molecule has 0 fully saturated rings. The van der Waals surface area contributed by atoms with Crippen molar-refractivity contribution in [1.82, 2.24) is 10.2 Å². The van der Waals surface area contributed by atoms with E-state index in [1.165, 1.54) is 16.7 Å². The number of nitrogen functional groups attached to an aromatic ring is 1. The second-order valence-electron chi connectivity index (χ2n) is 6.58. The minimum absolute atomic E-state index is 0.00198. The van der Waals surface area contributed by atoms with Gasteiger partial charge in [0.15, 0.2) is 0 Å². The first-order valence-electron chi connectivity index (χ1n) is 10.4. The third-order valence-corrected chi connectivity index (χ3v) is 4.99. The number of halogens is 2. The van der Waals surface area contributed by atoms with Crippen molar-refractivity contribution in [3.05, 3.63) is 29.3 Å². The van der Waals surface area contributed by atoms with Gasteiger partial charge in [0.2, 0.25) is 11.8 Å². The molecule has 0 aliphatic rings. The highest BCUT2D eigenvalue weighted by molar-refractivity contribution is 7.99. The number of carbonyl (C=O) groups excluding carboxylic acids is 3. The number of nitrogens with zero attached hydrogens (tertiary/aromatic N) is 1. The van der Waals surface area contributed by atoms with Crippen LogP contribution in [0.5, 0.6) is 0 Å². The van der Waals surface area contributed by atoms with Gasteiger partial charge in [-0.25, -0.2) is 8.78 Å². The second-order valence-corrected chi connectivity index (χ2v) is 7.69. The number of esters is 1. The Kier molecular flexibility index (Phi) is 15.0. The third-order valence-electron chi connectivity index (χ3n) is 4.05. The predicted molar refractivity (Wildman–Crippen MR) is 123 cm³/mol. The summed E-state index contributed by atoms with van der Waals surface area (Å²) in [6, 6.07) is 1.20. The highest BCUT2D eigenvalue weighted by Crippen LogP contribution is 2.18. The van der Waals surface area contributed by atoms with Crippen molar-refractivity contribution in [2.45, 2.75) is 39.7 Å². The van der Waals surface area contributed by atoms with E-state index in [1.54, 1.807) is 14.0 Å². The summed E-state index contributed by atoms with van der Waals surface area (Å²) < 4.78 is 32.0. The maximum atomic E-state index is 13.8. The molecule has 0 aliphatic carbocycles. The van der Waals surface area contributed by atoms with E-state index in [2.05, 4.69) is 5.32 Å². The van der Waals surface area contributed by atoms with E-state index < -0.39 is 23.6 Å². The molecule has 0 bridgehead atoms. The second kappa shape index (κ2) is 16.3. The number of hydrogen-bond acceptors (Lipinski definition) is 7. The van der Waals surface area contributed by atoms with Crippen LogP contribution in [0.15, 0.2) is 12.1 Å². The average Bonchev–Trinajstić information content (AvgIpc) is 2.75. The van der Waals surface area contributed by atoms with Crippen LogP contribution in [-0.4, -0.2) is 67.0 Å². The summed E-state index contributed by atoms with van der Waals surface area (Å²) in [6.07, 6.45) is -0.0371. The fourth-order valence-electron chi connectivity index (χ4n) is 2.42. The fourth-order valence-corrected chi connectivity index (χ4v) is 3.25. The average molecular weight is 477 g/mol. The Morgan fingerprint density at radius 3 is 2.50 bits per heavy atom. The molecular formula is C21H34F2N4O4S. The molecule has 1 atom stereocenters. The molecule has 0 radical (unpaired) electrons. The van der Waals surface area contributed by atoms with Gasteiger partial charge in [0.05, 0.1) is 18.0 Å². The van der Waals surface area contributed by atoms with E-state index in [0.29, 0.717) is 12.3 Å². The Bertz CT molecular complexity index is 753. The van der Waals surface area contributed by atoms with Crippen molar-refractivity contribution >= 4 is 35.2 Å². The lowest BCUT2D eigenvalue weighted by Gasteiger charge is -2.20. The van der Waals surface area contributed by atoms with Gasteiger partial charge in [0.25, 0.3) is 0 Å². The predicted octanol–water partition coefficient (Wildman–Crippen LogP) is 1.70. The van der Waals surface area contributed by atoms with E-state index in [4.69, 9.17) is 16.2 Å². The summed E-state index contributed by atoms with van der Waals surface area (Å²) in [5.41, 5.74) is 11.0. The number of nitrogens with two attached hydrogens (primary N) is 2. The highest BCUT2D eigenvalue weighted by atomic mass is 32.2. The zero-order valence-corrected chi connectivity index (χ0v) is 19.9. The van der Waals surface area contributed by atoms with E-state index in [9.17, 15) is 23.2 Å². The molecule has 11 heteroatoms. The maximum absolute atomic E-state index is 13.8. The number of thioether (sulfide) groups is 1. The molecule has 0 spiro atoms. The zero-order valence-electron chi connectivity index (χ0n) is 19.1. The summed E-state index contributed by atoms with van der Waals surface area (Å²) in [7, 11) is 1.60. The largest absolute Gasteiger partial charge is 0.465 e. The van der Waals surface area contributed by atoms with Crippen LogP contribution in [0.25, 0.3) is 0 Å². The lowest BCUT2D eigenvalue weighted by molar-refractivity contribution is -0.143. The lowest BCUT2D eigenvalue weighted by Crippen LogP contribution is -2.36. The van der Waals surface area contributed by atoms with Crippen LogP contribution in [0, 0.1) is 11.6 Å². The first-order valence-corrected chi connectivity index (χ1v) is 11.5. The summed E-state index contributed by atoms with van der Waals surface area (Å²) in [6.45, 7) is 6.13. The van der Waals surface area contributed by atoms with Crippen LogP contribution in [0.1, 0.15) is 32.8 Å². The van der Waals surface area contributed by atoms with Gasteiger partial charge in [-0.15, -0.1) is 0 Å². The van der Waals surface area contributed by atoms with Gasteiger partial charge in [-0.2, -0.15) is 11.8 Å². The molecule has 1 aromatic carbocycles. The fraction of sp³-hybridized carbons (Fsp3) is 0.571. The normalized spacial score (nSPS) is 11.1. The third kappa shape index (κ3) is 11.8. The van der Waals surface area contributed by atoms with Gasteiger partial charge in [-0.05, 0) is 25.0 Å². The molecule has 1 rings (SSSR count). The molecule has 0 heterocycles. The maximum Gasteiger partial charge on any atom is 0.325 e. The Labute approximate surface area is 192 Å². The topological polar surface area (TPSA) is 128 Å². The molecule has 5 N–H and O–H groups in total. The van der Waals surface area contributed by atoms with E-state index >= 15 is 0 Å². The zero-order chi connectivity index (χ0) is 24.7. The van der Waals surface area contributed by atoms with Crippen LogP contribution in [0.4, 0.5) is 14.5 Å². The molecule has 182 valence electrons. The monoisotopic (exact) mass is 476 g/mol. The molecule has 0 saturated heterocycles. The van der Waals surface area contributed by atoms with Gasteiger partial charge in [0, 0.05) is 37.9 Å². The minimum atomic E-state index is -0.731. The van der Waals surface area contributed by atoms with Crippen LogP contribution in [0.2, 0.25) is 0 Å². The smallest absolute Gasteiger partial charge is 0.325 e. The molecule has 0 aromatic heterocycles. The summed E-state index contributed by atoms with van der Waals surface area (Å²) in [5, 5.41) is 2.44. The Morgan fingerprint density at radius 1 is 1.22 bits per heavy atom. The van der Waals surface area contributed by atoms with Crippen LogP contribution >= 0.6 is 11.8 Å². The molecule has 8 nitrogen and oxygen atoms in total. The minimum Gasteiger partial charge on any atom is -0.465 e. The Balaban J connectivity index is 0.00000466. The van der Waals surface area contributed by atoms with Crippen molar-refractivity contribution < 1.29 is 27.9 Å². The number of nitrogens with one attached hydrogen (secondary N) is 1. The van der Waals surface area contributed by atoms with Crippen molar-refractivity contribution in [2.24, 2.45) is 5.73 Å². The Hall–Kier alpha value is -2.40. The first kappa shape index (κ1) is 29.6. The lowest BCUT2D eigenvalue weighted by atomic mass is 10.0. The highest BCUT2D eigenvalue weighted by Gasteiger charge is 2.17. The van der Waals surface area contributed by atoms with Crippen LogP contribution in [0.3, 0.4) is 0 Å². The summed E-state index contributed by atoms with van der Waals surface area (Å²) in [4.78, 5) is 36.5. The molecule has 0 aliphatic heterocycles. The van der Waals surface area contributed by atoms with Gasteiger partial charge >= 0.3 is 5.97 Å². The molecule has 2 amide bonds. The van der Waals surface area contributed by atoms with Gasteiger partial charge in [-0.1, -0.05) is 13.8 Å². The van der Waals surface area contributed by atoms with Crippen molar-refractivity contribution in [2.75, 3.05) is 44.0 Å². The number of rotatable bonds is 12. The Morgan fingerprint density at radius 2 is 1.88 bits per heavy atom. The number of ether oxygens (including phenoxy) is 1. The summed E-state index contributed by atoms with van der Waals surface area (Å²) in [5.74, 6) is -1.80. The van der Waals surface area contributed by atoms with Gasteiger partial charge < -0.3 is 26.4 Å². The number of anilines is 1. The molecule has 1 aromatic rings. The first-order chi connectivity index (χ1) is 15.1. The van der Waals surface area contributed by atoms with E-state index in [-0.39, 0.29) is 54.8 Å². The van der Waals surface area contributed by atoms with Crippen LogP contribution in [-0.2, 0) is 25.5 Å². The molecule has 32 heavy (non-hydrogen) atoms. The SMILES string of the molecule is CC.CCOC(=O)CNC(=O)CSCCN(C)C(=O)CC(N)Cc1cc(F)c(N)cc1F. The standard InChI is InChI=1S/C19H28F2N4O4S.C2H6/c1-3-29-19(28)10-24-17(26)11-30-5-4-25(2)18(27)8-13(22)6-12-7-15(21)16(23)9-14(12)20;1-2/h7,9,13H,3-6,8,10-11,22-23H2,1-2H3,(H,24,26);1-2H3. The number of amides is 2. The number of hydrogen-bond donors (Lipinski definition) is 3. The van der Waals surface area contributed by atoms with Gasteiger partial charge in [-0.3, -0.25) is 14.4 Å². The number of benzene rings is 1. The van der Waals surface area contributed by atoms with Crippen LogP contribution < -0.4 is 16.8 Å². The van der Waals surface area contributed by atoms with Crippen molar-refractivity contribution in [1.29, 1.82) is 0 Å². The summed E-state index contributed by atoms with van der Waals surface area (Å²) >= 11 is 1.31. The van der Waals surface area contributed by atoms with E-state index in [1.807, 2.05) is 13.8 Å². The molecule has 0 saturated carbocycles. The number of carbonyl (C=O) groups is 3. The quantitative estimate of drug-likeness (QED) is 0.238. The molecular weight excluding hydrogens is 442 g/mol. The molecule has 1 unspecified atom stereocenters. The van der Waals surface area contributed by atoms with Crippen molar-refractivity contribution in [3.8, 4) is 0 Å². The van der Waals surface area contributed by atoms with Gasteiger partial charge in [0.1, 0.15) is 18.2 Å².